The smallest absolute Gasteiger partial charge is 0.240 e. The van der Waals surface area contributed by atoms with Gasteiger partial charge in [-0.05, 0) is 31.9 Å². The van der Waals surface area contributed by atoms with Crippen LogP contribution in [0.5, 0.6) is 0 Å². The van der Waals surface area contributed by atoms with Crippen molar-refractivity contribution in [2.75, 3.05) is 0 Å². The molecule has 1 N–H and O–H groups in total. The van der Waals surface area contributed by atoms with E-state index >= 15 is 0 Å². The number of hydrogen-bond acceptors (Lipinski definition) is 7. The minimum absolute atomic E-state index is 0.0783. The zero-order valence-electron chi connectivity index (χ0n) is 13.3. The van der Waals surface area contributed by atoms with E-state index in [0.717, 1.165) is 18.7 Å². The molecule has 0 radical (unpaired) electrons. The van der Waals surface area contributed by atoms with Crippen LogP contribution in [-0.2, 0) is 16.6 Å². The zero-order valence-corrected chi connectivity index (χ0v) is 15.0. The molecule has 2 aromatic heterocycles. The first-order valence-electron chi connectivity index (χ1n) is 7.76. The third-order valence-corrected chi connectivity index (χ3v) is 6.30. The molecule has 0 bridgehead atoms. The van der Waals surface area contributed by atoms with Crippen LogP contribution in [0.25, 0.3) is 4.96 Å². The van der Waals surface area contributed by atoms with Crippen LogP contribution in [0.1, 0.15) is 46.9 Å². The summed E-state index contributed by atoms with van der Waals surface area (Å²) in [6.07, 6.45) is 2.19. The molecule has 0 aliphatic heterocycles. The number of Topliss-reactive ketones (excluding diaryl/α,β-unsaturated/α-hetero) is 1. The molecule has 8 nitrogen and oxygen atoms in total. The zero-order chi connectivity index (χ0) is 17.6. The molecule has 1 aliphatic carbocycles. The molecule has 1 saturated carbocycles. The Morgan fingerprint density at radius 3 is 2.64 bits per heavy atom. The summed E-state index contributed by atoms with van der Waals surface area (Å²) in [5, 5.41) is 13.2. The molecule has 1 aliphatic rings. The molecule has 0 unspecified atom stereocenters. The molecule has 130 valence electrons. The number of carbonyl (C=O) groups excluding carboxylic acids is 1. The van der Waals surface area contributed by atoms with Gasteiger partial charge >= 0.3 is 0 Å². The Kier molecular flexibility index (Phi) is 3.89. The van der Waals surface area contributed by atoms with Crippen molar-refractivity contribution in [2.24, 2.45) is 0 Å². The second kappa shape index (κ2) is 5.97. The molecule has 0 spiro atoms. The van der Waals surface area contributed by atoms with Gasteiger partial charge in [0.25, 0.3) is 0 Å². The van der Waals surface area contributed by atoms with Gasteiger partial charge in [-0.3, -0.25) is 4.79 Å². The van der Waals surface area contributed by atoms with Gasteiger partial charge in [-0.1, -0.05) is 23.5 Å². The van der Waals surface area contributed by atoms with Gasteiger partial charge in [-0.15, -0.1) is 10.2 Å². The number of carbonyl (C=O) groups is 1. The molecular formula is C15H15N5O3S2. The number of aromatic nitrogens is 4. The predicted octanol–water partition coefficient (Wildman–Crippen LogP) is 1.74. The summed E-state index contributed by atoms with van der Waals surface area (Å²) in [7, 11) is -3.68. The van der Waals surface area contributed by atoms with Crippen LogP contribution in [0.15, 0.2) is 29.2 Å². The summed E-state index contributed by atoms with van der Waals surface area (Å²) in [6.45, 7) is 1.51. The fourth-order valence-corrected chi connectivity index (χ4v) is 4.31. The molecule has 0 amide bonds. The van der Waals surface area contributed by atoms with Crippen molar-refractivity contribution in [3.05, 3.63) is 40.7 Å². The van der Waals surface area contributed by atoms with Crippen LogP contribution < -0.4 is 4.72 Å². The van der Waals surface area contributed by atoms with Crippen LogP contribution in [-0.4, -0.2) is 34.0 Å². The van der Waals surface area contributed by atoms with E-state index in [1.54, 1.807) is 4.52 Å². The molecule has 0 atom stereocenters. The van der Waals surface area contributed by atoms with Crippen molar-refractivity contribution >= 4 is 32.1 Å². The molecule has 1 aromatic carbocycles. The van der Waals surface area contributed by atoms with Gasteiger partial charge in [0, 0.05) is 11.5 Å². The lowest BCUT2D eigenvalue weighted by molar-refractivity contribution is 0.101. The number of hydrogen-bond donors (Lipinski definition) is 1. The van der Waals surface area contributed by atoms with E-state index in [2.05, 4.69) is 20.0 Å². The predicted molar refractivity (Wildman–Crippen MR) is 91.1 cm³/mol. The lowest BCUT2D eigenvalue weighted by Crippen LogP contribution is -2.23. The number of sulfonamides is 1. The Morgan fingerprint density at radius 2 is 2.00 bits per heavy atom. The number of benzene rings is 1. The first-order chi connectivity index (χ1) is 11.9. The third kappa shape index (κ3) is 3.20. The highest BCUT2D eigenvalue weighted by Gasteiger charge is 2.30. The summed E-state index contributed by atoms with van der Waals surface area (Å²) in [6, 6.07) is 5.84. The number of nitrogens with one attached hydrogen (secondary N) is 1. The topological polar surface area (TPSA) is 106 Å². The van der Waals surface area contributed by atoms with E-state index in [0.29, 0.717) is 21.4 Å². The van der Waals surface area contributed by atoms with Crippen LogP contribution in [0.2, 0.25) is 0 Å². The van der Waals surface area contributed by atoms with Crippen molar-refractivity contribution in [2.45, 2.75) is 37.1 Å². The van der Waals surface area contributed by atoms with Gasteiger partial charge in [0.15, 0.2) is 11.6 Å². The number of rotatable bonds is 6. The second-order valence-corrected chi connectivity index (χ2v) is 8.74. The van der Waals surface area contributed by atoms with Gasteiger partial charge in [0.05, 0.1) is 11.4 Å². The molecule has 10 heteroatoms. The largest absolute Gasteiger partial charge is 0.295 e. The van der Waals surface area contributed by atoms with Crippen molar-refractivity contribution < 1.29 is 13.2 Å². The lowest BCUT2D eigenvalue weighted by Gasteiger charge is -2.05. The molecular weight excluding hydrogens is 362 g/mol. The van der Waals surface area contributed by atoms with Crippen molar-refractivity contribution in [3.8, 4) is 0 Å². The van der Waals surface area contributed by atoms with Gasteiger partial charge < -0.3 is 0 Å². The van der Waals surface area contributed by atoms with Crippen LogP contribution in [0, 0.1) is 0 Å². The Bertz CT molecular complexity index is 1050. The average molecular weight is 377 g/mol. The SMILES string of the molecule is CC(=O)c1ccc(S(=O)(=O)NCc2nn3c(C4CC4)nnc3s2)cc1. The van der Waals surface area contributed by atoms with E-state index in [9.17, 15) is 13.2 Å². The summed E-state index contributed by atoms with van der Waals surface area (Å²) < 4.78 is 29.0. The summed E-state index contributed by atoms with van der Waals surface area (Å²) >= 11 is 1.31. The standard InChI is InChI=1S/C15H15N5O3S2/c1-9(21)10-4-6-12(7-5-10)25(22,23)16-8-13-19-20-14(11-2-3-11)17-18-15(20)24-13/h4-7,11,16H,2-3,8H2,1H3. The monoisotopic (exact) mass is 377 g/mol. The van der Waals surface area contributed by atoms with Crippen LogP contribution >= 0.6 is 11.3 Å². The third-order valence-electron chi connectivity index (χ3n) is 3.98. The molecule has 4 rings (SSSR count). The molecule has 25 heavy (non-hydrogen) atoms. The van der Waals surface area contributed by atoms with E-state index in [1.807, 2.05) is 0 Å². The average Bonchev–Trinajstić information content (AvgIpc) is 3.22. The minimum atomic E-state index is -3.68. The van der Waals surface area contributed by atoms with Gasteiger partial charge in [0.1, 0.15) is 5.01 Å². The van der Waals surface area contributed by atoms with Crippen molar-refractivity contribution in [3.63, 3.8) is 0 Å². The summed E-state index contributed by atoms with van der Waals surface area (Å²) in [4.78, 5) is 12.1. The van der Waals surface area contributed by atoms with Crippen molar-refractivity contribution in [1.29, 1.82) is 0 Å². The number of nitrogens with zero attached hydrogens (tertiary/aromatic N) is 4. The Labute approximate surface area is 147 Å². The molecule has 1 fully saturated rings. The van der Waals surface area contributed by atoms with E-state index in [1.165, 1.54) is 42.5 Å². The van der Waals surface area contributed by atoms with Crippen molar-refractivity contribution in [1.82, 2.24) is 24.5 Å². The summed E-state index contributed by atoms with van der Waals surface area (Å²) in [5.41, 5.74) is 0.472. The molecule has 3 aromatic rings. The van der Waals surface area contributed by atoms with Gasteiger partial charge in [-0.25, -0.2) is 13.1 Å². The maximum absolute atomic E-state index is 12.4. The molecule has 0 saturated heterocycles. The first kappa shape index (κ1) is 16.3. The van der Waals surface area contributed by atoms with Gasteiger partial charge in [0.2, 0.25) is 15.0 Å². The van der Waals surface area contributed by atoms with Crippen LogP contribution in [0.3, 0.4) is 0 Å². The fourth-order valence-electron chi connectivity index (χ4n) is 2.45. The Balaban J connectivity index is 1.50. The Hall–Kier alpha value is -2.17. The summed E-state index contributed by atoms with van der Waals surface area (Å²) in [5.74, 6) is 1.16. The normalized spacial score (nSPS) is 14.9. The molecule has 2 heterocycles. The highest BCUT2D eigenvalue weighted by molar-refractivity contribution is 7.89. The minimum Gasteiger partial charge on any atom is -0.295 e. The number of fused-ring (bicyclic) bond motifs is 1. The number of ketones is 1. The quantitative estimate of drug-likeness (QED) is 0.656. The fraction of sp³-hybridized carbons (Fsp3) is 0.333. The van der Waals surface area contributed by atoms with E-state index in [4.69, 9.17) is 0 Å². The van der Waals surface area contributed by atoms with E-state index in [-0.39, 0.29) is 17.2 Å². The maximum atomic E-state index is 12.4. The highest BCUT2D eigenvalue weighted by Crippen LogP contribution is 2.39. The van der Waals surface area contributed by atoms with Crippen LogP contribution in [0.4, 0.5) is 0 Å². The lowest BCUT2D eigenvalue weighted by atomic mass is 10.2. The maximum Gasteiger partial charge on any atom is 0.240 e. The van der Waals surface area contributed by atoms with E-state index < -0.39 is 10.0 Å². The van der Waals surface area contributed by atoms with Gasteiger partial charge in [-0.2, -0.15) is 9.61 Å². The Morgan fingerprint density at radius 1 is 1.28 bits per heavy atom. The first-order valence-corrected chi connectivity index (χ1v) is 10.1. The second-order valence-electron chi connectivity index (χ2n) is 5.93. The highest BCUT2D eigenvalue weighted by atomic mass is 32.2.